The third-order valence-corrected chi connectivity index (χ3v) is 3.72. The van der Waals surface area contributed by atoms with Crippen LogP contribution in [-0.2, 0) is 9.47 Å². The van der Waals surface area contributed by atoms with Gasteiger partial charge in [-0.25, -0.2) is 0 Å². The highest BCUT2D eigenvalue weighted by Crippen LogP contribution is 2.32. The number of morpholine rings is 1. The van der Waals surface area contributed by atoms with Gasteiger partial charge >= 0.3 is 0 Å². The van der Waals surface area contributed by atoms with Crippen molar-refractivity contribution in [3.63, 3.8) is 0 Å². The smallest absolute Gasteiger partial charge is 0.130 e. The molecule has 0 radical (unpaired) electrons. The standard InChI is InChI=1S/C13H25NO2/c1-10(2)6-11(3)7-12-13(8-15-9-13)16-5-4-14-12/h10-12,14H,4-9H2,1-3H3. The van der Waals surface area contributed by atoms with Crippen molar-refractivity contribution in [2.24, 2.45) is 11.8 Å². The molecule has 2 saturated heterocycles. The van der Waals surface area contributed by atoms with E-state index in [0.29, 0.717) is 6.04 Å². The minimum absolute atomic E-state index is 0.00346. The Morgan fingerprint density at radius 2 is 2.06 bits per heavy atom. The van der Waals surface area contributed by atoms with Gasteiger partial charge < -0.3 is 14.8 Å². The van der Waals surface area contributed by atoms with Crippen molar-refractivity contribution >= 4 is 0 Å². The maximum Gasteiger partial charge on any atom is 0.130 e. The Bertz CT molecular complexity index is 226. The molecule has 2 unspecified atom stereocenters. The molecule has 0 aromatic rings. The lowest BCUT2D eigenvalue weighted by Crippen LogP contribution is -2.68. The van der Waals surface area contributed by atoms with Crippen LogP contribution in [0.25, 0.3) is 0 Å². The van der Waals surface area contributed by atoms with E-state index in [1.807, 2.05) is 0 Å². The van der Waals surface area contributed by atoms with E-state index in [4.69, 9.17) is 9.47 Å². The largest absolute Gasteiger partial charge is 0.375 e. The summed E-state index contributed by atoms with van der Waals surface area (Å²) in [7, 11) is 0. The number of ether oxygens (including phenoxy) is 2. The molecule has 3 nitrogen and oxygen atoms in total. The summed E-state index contributed by atoms with van der Waals surface area (Å²) in [6.45, 7) is 10.3. The van der Waals surface area contributed by atoms with Gasteiger partial charge in [-0.2, -0.15) is 0 Å². The first-order chi connectivity index (χ1) is 7.62. The minimum atomic E-state index is 0.00346. The molecule has 1 N–H and O–H groups in total. The van der Waals surface area contributed by atoms with E-state index in [0.717, 1.165) is 38.2 Å². The molecule has 0 aromatic carbocycles. The zero-order valence-corrected chi connectivity index (χ0v) is 10.8. The van der Waals surface area contributed by atoms with Gasteiger partial charge in [0.05, 0.1) is 19.8 Å². The van der Waals surface area contributed by atoms with Gasteiger partial charge in [0.2, 0.25) is 0 Å². The predicted octanol–water partition coefficient (Wildman–Crippen LogP) is 1.82. The zero-order valence-electron chi connectivity index (χ0n) is 10.8. The second kappa shape index (κ2) is 5.03. The second-order valence-corrected chi connectivity index (χ2v) is 5.88. The molecule has 2 aliphatic heterocycles. The Balaban J connectivity index is 1.86. The van der Waals surface area contributed by atoms with Crippen LogP contribution >= 0.6 is 0 Å². The summed E-state index contributed by atoms with van der Waals surface area (Å²) in [5, 5.41) is 3.61. The van der Waals surface area contributed by atoms with E-state index in [1.54, 1.807) is 0 Å². The monoisotopic (exact) mass is 227 g/mol. The molecule has 16 heavy (non-hydrogen) atoms. The first kappa shape index (κ1) is 12.3. The van der Waals surface area contributed by atoms with Gasteiger partial charge in [0.15, 0.2) is 0 Å². The molecule has 2 heterocycles. The van der Waals surface area contributed by atoms with E-state index < -0.39 is 0 Å². The van der Waals surface area contributed by atoms with Crippen molar-refractivity contribution < 1.29 is 9.47 Å². The maximum atomic E-state index is 5.93. The SMILES string of the molecule is CC(C)CC(C)CC1NCCOC12COC2. The normalized spacial score (nSPS) is 30.4. The van der Waals surface area contributed by atoms with Gasteiger partial charge in [0.1, 0.15) is 5.60 Å². The summed E-state index contributed by atoms with van der Waals surface area (Å²) in [4.78, 5) is 0. The molecule has 2 aliphatic rings. The topological polar surface area (TPSA) is 30.5 Å². The molecule has 2 atom stereocenters. The average Bonchev–Trinajstić information content (AvgIpc) is 2.14. The van der Waals surface area contributed by atoms with Crippen molar-refractivity contribution in [2.75, 3.05) is 26.4 Å². The van der Waals surface area contributed by atoms with Crippen molar-refractivity contribution in [1.29, 1.82) is 0 Å². The highest BCUT2D eigenvalue weighted by molar-refractivity contribution is 5.01. The molecule has 94 valence electrons. The van der Waals surface area contributed by atoms with Gasteiger partial charge in [0.25, 0.3) is 0 Å². The van der Waals surface area contributed by atoms with E-state index in [-0.39, 0.29) is 5.60 Å². The molecule has 0 aliphatic carbocycles. The summed E-state index contributed by atoms with van der Waals surface area (Å²) in [6, 6.07) is 0.490. The molecule has 0 amide bonds. The van der Waals surface area contributed by atoms with E-state index in [1.165, 1.54) is 12.8 Å². The molecular weight excluding hydrogens is 202 g/mol. The number of nitrogens with one attached hydrogen (secondary N) is 1. The van der Waals surface area contributed by atoms with E-state index in [9.17, 15) is 0 Å². The zero-order chi connectivity index (χ0) is 11.6. The van der Waals surface area contributed by atoms with Crippen LogP contribution in [0.1, 0.15) is 33.6 Å². The minimum Gasteiger partial charge on any atom is -0.375 e. The van der Waals surface area contributed by atoms with Gasteiger partial charge in [-0.05, 0) is 24.7 Å². The van der Waals surface area contributed by atoms with Crippen LogP contribution in [0.3, 0.4) is 0 Å². The fourth-order valence-electron chi connectivity index (χ4n) is 2.96. The highest BCUT2D eigenvalue weighted by Gasteiger charge is 2.48. The lowest BCUT2D eigenvalue weighted by atomic mass is 9.82. The molecular formula is C13H25NO2. The van der Waals surface area contributed by atoms with Crippen molar-refractivity contribution in [3.8, 4) is 0 Å². The average molecular weight is 227 g/mol. The Hall–Kier alpha value is -0.120. The highest BCUT2D eigenvalue weighted by atomic mass is 16.6. The first-order valence-corrected chi connectivity index (χ1v) is 6.57. The third-order valence-electron chi connectivity index (χ3n) is 3.72. The molecule has 0 aromatic heterocycles. The van der Waals surface area contributed by atoms with Gasteiger partial charge in [0, 0.05) is 12.6 Å². The van der Waals surface area contributed by atoms with Gasteiger partial charge in [-0.15, -0.1) is 0 Å². The molecule has 0 bridgehead atoms. The molecule has 0 saturated carbocycles. The number of rotatable bonds is 4. The van der Waals surface area contributed by atoms with Crippen LogP contribution in [0.5, 0.6) is 0 Å². The molecule has 3 heteroatoms. The van der Waals surface area contributed by atoms with Gasteiger partial charge in [-0.1, -0.05) is 20.8 Å². The van der Waals surface area contributed by atoms with Crippen LogP contribution < -0.4 is 5.32 Å². The van der Waals surface area contributed by atoms with Gasteiger partial charge in [-0.3, -0.25) is 0 Å². The van der Waals surface area contributed by atoms with E-state index >= 15 is 0 Å². The fraction of sp³-hybridized carbons (Fsp3) is 1.00. The number of hydrogen-bond acceptors (Lipinski definition) is 3. The summed E-state index contributed by atoms with van der Waals surface area (Å²) in [5.41, 5.74) is 0.00346. The summed E-state index contributed by atoms with van der Waals surface area (Å²) < 4.78 is 11.3. The van der Waals surface area contributed by atoms with Crippen LogP contribution in [-0.4, -0.2) is 38.0 Å². The summed E-state index contributed by atoms with van der Waals surface area (Å²) >= 11 is 0. The quantitative estimate of drug-likeness (QED) is 0.794. The lowest BCUT2D eigenvalue weighted by Gasteiger charge is -2.50. The first-order valence-electron chi connectivity index (χ1n) is 6.57. The van der Waals surface area contributed by atoms with Crippen molar-refractivity contribution in [3.05, 3.63) is 0 Å². The summed E-state index contributed by atoms with van der Waals surface area (Å²) in [5.74, 6) is 1.55. The van der Waals surface area contributed by atoms with Crippen LogP contribution in [0, 0.1) is 11.8 Å². The predicted molar refractivity (Wildman–Crippen MR) is 64.5 cm³/mol. The maximum absolute atomic E-state index is 5.93. The van der Waals surface area contributed by atoms with Crippen molar-refractivity contribution in [2.45, 2.75) is 45.3 Å². The second-order valence-electron chi connectivity index (χ2n) is 5.88. The van der Waals surface area contributed by atoms with Crippen LogP contribution in [0.4, 0.5) is 0 Å². The molecule has 1 spiro atoms. The van der Waals surface area contributed by atoms with Crippen LogP contribution in [0.2, 0.25) is 0 Å². The Morgan fingerprint density at radius 1 is 1.31 bits per heavy atom. The van der Waals surface area contributed by atoms with E-state index in [2.05, 4.69) is 26.1 Å². The summed E-state index contributed by atoms with van der Waals surface area (Å²) in [6.07, 6.45) is 2.51. The Kier molecular flexibility index (Phi) is 3.88. The molecule has 2 fully saturated rings. The van der Waals surface area contributed by atoms with Crippen molar-refractivity contribution in [1.82, 2.24) is 5.32 Å². The third kappa shape index (κ3) is 2.58. The fourth-order valence-corrected chi connectivity index (χ4v) is 2.96. The Morgan fingerprint density at radius 3 is 2.62 bits per heavy atom. The number of hydrogen-bond donors (Lipinski definition) is 1. The lowest BCUT2D eigenvalue weighted by molar-refractivity contribution is -0.239. The van der Waals surface area contributed by atoms with Crippen LogP contribution in [0.15, 0.2) is 0 Å². The Labute approximate surface area is 98.9 Å². The molecule has 2 rings (SSSR count).